The summed E-state index contributed by atoms with van der Waals surface area (Å²) in [7, 11) is 0. The van der Waals surface area contributed by atoms with Crippen molar-refractivity contribution in [3.05, 3.63) is 66.2 Å². The number of hydrogen-bond acceptors (Lipinski definition) is 5. The standard InChI is InChI=1S/C30H37N5O2/c36-29(31-25-15-19-34(20-16-25)22-23-7-3-1-4-8-23)13-14-30(37)32-26-10-11-27-24(21-26)9-12-28(33-27)35-17-5-2-6-18-35/h1,3-4,7-12,21,25H,2,5-6,13-20,22H2,(H,31,36)(H,32,37). The van der Waals surface area contributed by atoms with E-state index in [1.54, 1.807) is 0 Å². The summed E-state index contributed by atoms with van der Waals surface area (Å²) in [6.45, 7) is 5.01. The quantitative estimate of drug-likeness (QED) is 0.469. The summed E-state index contributed by atoms with van der Waals surface area (Å²) in [6, 6.07) is 20.6. The zero-order chi connectivity index (χ0) is 25.5. The maximum absolute atomic E-state index is 12.5. The van der Waals surface area contributed by atoms with Gasteiger partial charge in [-0.05, 0) is 68.0 Å². The van der Waals surface area contributed by atoms with E-state index >= 15 is 0 Å². The molecule has 0 saturated carbocycles. The summed E-state index contributed by atoms with van der Waals surface area (Å²) in [6.07, 6.45) is 5.98. The van der Waals surface area contributed by atoms with E-state index in [0.717, 1.165) is 68.0 Å². The van der Waals surface area contributed by atoms with E-state index in [0.29, 0.717) is 0 Å². The molecule has 2 aromatic carbocycles. The molecule has 2 aliphatic rings. The van der Waals surface area contributed by atoms with Gasteiger partial charge in [-0.15, -0.1) is 0 Å². The minimum Gasteiger partial charge on any atom is -0.357 e. The van der Waals surface area contributed by atoms with E-state index in [1.807, 2.05) is 24.3 Å². The van der Waals surface area contributed by atoms with Crippen molar-refractivity contribution >= 4 is 34.2 Å². The maximum atomic E-state index is 12.5. The highest BCUT2D eigenvalue weighted by atomic mass is 16.2. The number of aromatic nitrogens is 1. The number of nitrogens with zero attached hydrogens (tertiary/aromatic N) is 3. The Morgan fingerprint density at radius 3 is 2.38 bits per heavy atom. The highest BCUT2D eigenvalue weighted by Gasteiger charge is 2.21. The lowest BCUT2D eigenvalue weighted by Gasteiger charge is -2.32. The van der Waals surface area contributed by atoms with Crippen LogP contribution in [0.15, 0.2) is 60.7 Å². The van der Waals surface area contributed by atoms with Crippen LogP contribution in [0.2, 0.25) is 0 Å². The fourth-order valence-electron chi connectivity index (χ4n) is 5.32. The van der Waals surface area contributed by atoms with Crippen molar-refractivity contribution < 1.29 is 9.59 Å². The van der Waals surface area contributed by atoms with Crippen molar-refractivity contribution in [2.24, 2.45) is 0 Å². The zero-order valence-electron chi connectivity index (χ0n) is 21.5. The van der Waals surface area contributed by atoms with Crippen LogP contribution in [0.5, 0.6) is 0 Å². The fraction of sp³-hybridized carbons (Fsp3) is 0.433. The smallest absolute Gasteiger partial charge is 0.224 e. The first-order valence-corrected chi connectivity index (χ1v) is 13.6. The predicted octanol–water partition coefficient (Wildman–Crippen LogP) is 4.72. The van der Waals surface area contributed by atoms with Crippen molar-refractivity contribution in [3.63, 3.8) is 0 Å². The second kappa shape index (κ2) is 12.2. The Morgan fingerprint density at radius 1 is 0.838 bits per heavy atom. The van der Waals surface area contributed by atoms with Gasteiger partial charge in [-0.2, -0.15) is 0 Å². The molecule has 2 fully saturated rings. The average Bonchev–Trinajstić information content (AvgIpc) is 2.94. The fourth-order valence-corrected chi connectivity index (χ4v) is 5.32. The van der Waals surface area contributed by atoms with Crippen LogP contribution in [0.25, 0.3) is 10.9 Å². The van der Waals surface area contributed by atoms with Gasteiger partial charge in [0.1, 0.15) is 5.82 Å². The van der Waals surface area contributed by atoms with Crippen molar-refractivity contribution in [2.45, 2.75) is 57.5 Å². The minimum absolute atomic E-state index is 0.0513. The van der Waals surface area contributed by atoms with Gasteiger partial charge in [-0.1, -0.05) is 30.3 Å². The van der Waals surface area contributed by atoms with Crippen LogP contribution in [0.1, 0.15) is 50.5 Å². The number of rotatable bonds is 8. The molecule has 3 aromatic rings. The van der Waals surface area contributed by atoms with Gasteiger partial charge in [0.15, 0.2) is 0 Å². The first-order valence-electron chi connectivity index (χ1n) is 13.6. The summed E-state index contributed by atoms with van der Waals surface area (Å²) in [4.78, 5) is 34.6. The number of nitrogens with one attached hydrogen (secondary N) is 2. The number of benzene rings is 2. The van der Waals surface area contributed by atoms with Gasteiger partial charge in [-0.3, -0.25) is 14.5 Å². The number of amides is 2. The van der Waals surface area contributed by atoms with Gasteiger partial charge in [0.05, 0.1) is 5.52 Å². The monoisotopic (exact) mass is 499 g/mol. The first kappa shape index (κ1) is 25.2. The second-order valence-electron chi connectivity index (χ2n) is 10.3. The summed E-state index contributed by atoms with van der Waals surface area (Å²) in [5, 5.41) is 7.05. The number of carbonyl (C=O) groups is 2. The molecular weight excluding hydrogens is 462 g/mol. The van der Waals surface area contributed by atoms with Crippen molar-refractivity contribution in [1.29, 1.82) is 0 Å². The van der Waals surface area contributed by atoms with Crippen LogP contribution in [-0.2, 0) is 16.1 Å². The summed E-state index contributed by atoms with van der Waals surface area (Å²) >= 11 is 0. The molecule has 2 N–H and O–H groups in total. The Morgan fingerprint density at radius 2 is 1.59 bits per heavy atom. The Balaban J connectivity index is 1.04. The molecule has 1 aromatic heterocycles. The number of carbonyl (C=O) groups excluding carboxylic acids is 2. The van der Waals surface area contributed by atoms with E-state index in [4.69, 9.17) is 4.98 Å². The van der Waals surface area contributed by atoms with Gasteiger partial charge < -0.3 is 15.5 Å². The normalized spacial score (nSPS) is 17.0. The van der Waals surface area contributed by atoms with Crippen LogP contribution < -0.4 is 15.5 Å². The molecule has 194 valence electrons. The van der Waals surface area contributed by atoms with E-state index in [-0.39, 0.29) is 30.7 Å². The molecule has 0 spiro atoms. The highest BCUT2D eigenvalue weighted by Crippen LogP contribution is 2.24. The lowest BCUT2D eigenvalue weighted by molar-refractivity contribution is -0.125. The number of piperidine rings is 2. The second-order valence-corrected chi connectivity index (χ2v) is 10.3. The molecule has 5 rings (SSSR count). The van der Waals surface area contributed by atoms with Gasteiger partial charge in [0, 0.05) is 62.7 Å². The molecule has 2 aliphatic heterocycles. The first-order chi connectivity index (χ1) is 18.1. The Labute approximate surface area is 219 Å². The largest absolute Gasteiger partial charge is 0.357 e. The summed E-state index contributed by atoms with van der Waals surface area (Å²) < 4.78 is 0. The third-order valence-corrected chi connectivity index (χ3v) is 7.42. The molecule has 37 heavy (non-hydrogen) atoms. The van der Waals surface area contributed by atoms with Gasteiger partial charge in [-0.25, -0.2) is 4.98 Å². The number of likely N-dealkylation sites (tertiary alicyclic amines) is 1. The molecule has 0 bridgehead atoms. The number of anilines is 2. The third kappa shape index (κ3) is 7.07. The molecule has 0 aliphatic carbocycles. The van der Waals surface area contributed by atoms with Gasteiger partial charge >= 0.3 is 0 Å². The molecule has 2 saturated heterocycles. The van der Waals surface area contributed by atoms with E-state index in [2.05, 4.69) is 56.8 Å². The Bertz CT molecular complexity index is 1200. The molecule has 3 heterocycles. The van der Waals surface area contributed by atoms with Crippen LogP contribution in [-0.4, -0.2) is 53.9 Å². The summed E-state index contributed by atoms with van der Waals surface area (Å²) in [5.41, 5.74) is 2.98. The van der Waals surface area contributed by atoms with E-state index in [1.165, 1.54) is 24.8 Å². The van der Waals surface area contributed by atoms with Crippen LogP contribution in [0.4, 0.5) is 11.5 Å². The molecule has 2 amide bonds. The van der Waals surface area contributed by atoms with Gasteiger partial charge in [0.25, 0.3) is 0 Å². The number of hydrogen-bond donors (Lipinski definition) is 2. The van der Waals surface area contributed by atoms with Crippen LogP contribution in [0, 0.1) is 0 Å². The SMILES string of the molecule is O=C(CCC(=O)NC1CCN(Cc2ccccc2)CC1)Nc1ccc2nc(N3CCCCC3)ccc2c1. The molecule has 7 nitrogen and oxygen atoms in total. The lowest BCUT2D eigenvalue weighted by atomic mass is 10.0. The molecule has 7 heteroatoms. The van der Waals surface area contributed by atoms with Crippen LogP contribution in [0.3, 0.4) is 0 Å². The average molecular weight is 500 g/mol. The number of pyridine rings is 1. The van der Waals surface area contributed by atoms with E-state index in [9.17, 15) is 9.59 Å². The maximum Gasteiger partial charge on any atom is 0.224 e. The highest BCUT2D eigenvalue weighted by molar-refractivity contribution is 5.95. The lowest BCUT2D eigenvalue weighted by Crippen LogP contribution is -2.44. The molecule has 0 unspecified atom stereocenters. The zero-order valence-corrected chi connectivity index (χ0v) is 21.5. The molecular formula is C30H37N5O2. The van der Waals surface area contributed by atoms with E-state index < -0.39 is 0 Å². The Kier molecular flexibility index (Phi) is 8.31. The van der Waals surface area contributed by atoms with Crippen molar-refractivity contribution in [1.82, 2.24) is 15.2 Å². The van der Waals surface area contributed by atoms with Crippen molar-refractivity contribution in [2.75, 3.05) is 36.4 Å². The van der Waals surface area contributed by atoms with Crippen molar-refractivity contribution in [3.8, 4) is 0 Å². The number of fused-ring (bicyclic) bond motifs is 1. The minimum atomic E-state index is -0.148. The third-order valence-electron chi connectivity index (χ3n) is 7.42. The molecule has 0 radical (unpaired) electrons. The van der Waals surface area contributed by atoms with Crippen LogP contribution >= 0.6 is 0 Å². The van der Waals surface area contributed by atoms with Gasteiger partial charge in [0.2, 0.25) is 11.8 Å². The Hall–Kier alpha value is -3.45. The predicted molar refractivity (Wildman–Crippen MR) is 149 cm³/mol. The molecule has 0 atom stereocenters. The topological polar surface area (TPSA) is 77.6 Å². The summed E-state index contributed by atoms with van der Waals surface area (Å²) in [5.74, 6) is 0.826.